The summed E-state index contributed by atoms with van der Waals surface area (Å²) in [4.78, 5) is 23.0. The average Bonchev–Trinajstić information content (AvgIpc) is 2.91. The van der Waals surface area contributed by atoms with E-state index in [-0.39, 0.29) is 11.6 Å². The van der Waals surface area contributed by atoms with E-state index < -0.39 is 10.3 Å². The Kier molecular flexibility index (Phi) is 4.54. The Labute approximate surface area is 122 Å². The molecule has 1 atom stereocenters. The zero-order valence-corrected chi connectivity index (χ0v) is 12.1. The van der Waals surface area contributed by atoms with Gasteiger partial charge in [-0.3, -0.25) is 14.9 Å². The maximum Gasteiger partial charge on any atom is 0.274 e. The maximum absolute atomic E-state index is 12.5. The summed E-state index contributed by atoms with van der Waals surface area (Å²) in [6.45, 7) is 3.28. The zero-order valence-electron chi connectivity index (χ0n) is 12.1. The Hall–Kier alpha value is -1.99. The van der Waals surface area contributed by atoms with Crippen molar-refractivity contribution in [2.75, 3.05) is 32.1 Å². The molecule has 7 heteroatoms. The first kappa shape index (κ1) is 15.4. The van der Waals surface area contributed by atoms with Crippen LogP contribution in [0.1, 0.15) is 12.0 Å². The number of amides is 1. The number of benzene rings is 1. The lowest BCUT2D eigenvalue weighted by Gasteiger charge is -2.25. The van der Waals surface area contributed by atoms with E-state index in [1.165, 1.54) is 6.07 Å². The van der Waals surface area contributed by atoms with Crippen molar-refractivity contribution in [1.82, 2.24) is 5.32 Å². The highest BCUT2D eigenvalue weighted by atomic mass is 16.6. The minimum absolute atomic E-state index is 0.00172. The second-order valence-corrected chi connectivity index (χ2v) is 5.35. The molecule has 0 bridgehead atoms. The van der Waals surface area contributed by atoms with Crippen LogP contribution in [0.3, 0.4) is 0 Å². The minimum atomic E-state index is -0.617. The summed E-state index contributed by atoms with van der Waals surface area (Å²) in [5.41, 5.74) is 0.374. The lowest BCUT2D eigenvalue weighted by atomic mass is 9.87. The predicted molar refractivity (Wildman–Crippen MR) is 78.3 cm³/mol. The molecule has 2 N–H and O–H groups in total. The number of aryl methyl sites for hydroxylation is 1. The van der Waals surface area contributed by atoms with Gasteiger partial charge in [-0.2, -0.15) is 0 Å². The maximum atomic E-state index is 12.5. The van der Waals surface area contributed by atoms with Gasteiger partial charge < -0.3 is 15.4 Å². The Morgan fingerprint density at radius 1 is 1.57 bits per heavy atom. The zero-order chi connectivity index (χ0) is 15.5. The first-order chi connectivity index (χ1) is 9.98. The smallest absolute Gasteiger partial charge is 0.274 e. The lowest BCUT2D eigenvalue weighted by molar-refractivity contribution is -0.385. The molecule has 1 aliphatic rings. The summed E-state index contributed by atoms with van der Waals surface area (Å²) in [5, 5.41) is 16.9. The van der Waals surface area contributed by atoms with Gasteiger partial charge in [0.25, 0.3) is 5.69 Å². The van der Waals surface area contributed by atoms with Gasteiger partial charge in [0.2, 0.25) is 5.91 Å². The normalized spacial score (nSPS) is 21.2. The van der Waals surface area contributed by atoms with E-state index in [1.54, 1.807) is 26.2 Å². The van der Waals surface area contributed by atoms with Gasteiger partial charge in [-0.25, -0.2) is 0 Å². The van der Waals surface area contributed by atoms with Crippen LogP contribution in [0.4, 0.5) is 11.4 Å². The highest BCUT2D eigenvalue weighted by Gasteiger charge is 2.41. The summed E-state index contributed by atoms with van der Waals surface area (Å²) >= 11 is 0. The van der Waals surface area contributed by atoms with Crippen LogP contribution in [0.5, 0.6) is 0 Å². The van der Waals surface area contributed by atoms with Crippen molar-refractivity contribution in [3.8, 4) is 0 Å². The highest BCUT2D eigenvalue weighted by molar-refractivity contribution is 5.96. The van der Waals surface area contributed by atoms with E-state index >= 15 is 0 Å². The molecule has 114 valence electrons. The third-order valence-corrected chi connectivity index (χ3v) is 3.81. The van der Waals surface area contributed by atoms with Crippen LogP contribution in [0.2, 0.25) is 0 Å². The molecule has 7 nitrogen and oxygen atoms in total. The number of methoxy groups -OCH3 is 1. The van der Waals surface area contributed by atoms with Gasteiger partial charge >= 0.3 is 0 Å². The Morgan fingerprint density at radius 3 is 2.90 bits per heavy atom. The molecule has 1 aromatic carbocycles. The summed E-state index contributed by atoms with van der Waals surface area (Å²) < 4.78 is 5.16. The van der Waals surface area contributed by atoms with Gasteiger partial charge in [0.1, 0.15) is 0 Å². The number of carbonyl (C=O) groups is 1. The molecule has 0 spiro atoms. The van der Waals surface area contributed by atoms with Crippen LogP contribution >= 0.6 is 0 Å². The van der Waals surface area contributed by atoms with Crippen LogP contribution < -0.4 is 10.6 Å². The summed E-state index contributed by atoms with van der Waals surface area (Å²) in [5.74, 6) is -0.174. The van der Waals surface area contributed by atoms with Crippen molar-refractivity contribution in [2.45, 2.75) is 13.3 Å². The van der Waals surface area contributed by atoms with E-state index in [0.29, 0.717) is 30.8 Å². The molecule has 0 saturated carbocycles. The Bertz CT molecular complexity index is 553. The van der Waals surface area contributed by atoms with Crippen LogP contribution in [0.25, 0.3) is 0 Å². The van der Waals surface area contributed by atoms with Crippen LogP contribution in [0.15, 0.2) is 18.2 Å². The van der Waals surface area contributed by atoms with Crippen molar-refractivity contribution in [3.05, 3.63) is 33.9 Å². The molecule has 1 aliphatic heterocycles. The van der Waals surface area contributed by atoms with E-state index in [9.17, 15) is 14.9 Å². The van der Waals surface area contributed by atoms with Gasteiger partial charge in [0.05, 0.1) is 16.9 Å². The van der Waals surface area contributed by atoms with Gasteiger partial charge in [-0.1, -0.05) is 6.07 Å². The van der Waals surface area contributed by atoms with Crippen LogP contribution in [0, 0.1) is 22.5 Å². The molecular weight excluding hydrogens is 274 g/mol. The largest absolute Gasteiger partial charge is 0.384 e. The standard InChI is InChI=1S/C14H19N3O4/c1-10-3-4-11(7-12(10)17(19)20)16-13(18)14(9-21-2)5-6-15-8-14/h3-4,7,15H,5-6,8-9H2,1-2H3,(H,16,18). The number of nitrogens with one attached hydrogen (secondary N) is 2. The molecule has 1 unspecified atom stereocenters. The fraction of sp³-hybridized carbons (Fsp3) is 0.500. The first-order valence-electron chi connectivity index (χ1n) is 6.75. The average molecular weight is 293 g/mol. The summed E-state index contributed by atoms with van der Waals surface area (Å²) in [7, 11) is 1.56. The number of nitro benzene ring substituents is 1. The topological polar surface area (TPSA) is 93.5 Å². The molecule has 0 aliphatic carbocycles. The molecule has 0 radical (unpaired) electrons. The second-order valence-electron chi connectivity index (χ2n) is 5.35. The fourth-order valence-electron chi connectivity index (χ4n) is 2.55. The van der Waals surface area contributed by atoms with Gasteiger partial charge in [0.15, 0.2) is 0 Å². The molecule has 2 rings (SSSR count). The Balaban J connectivity index is 2.19. The number of anilines is 1. The van der Waals surface area contributed by atoms with Crippen molar-refractivity contribution in [3.63, 3.8) is 0 Å². The first-order valence-corrected chi connectivity index (χ1v) is 6.75. The van der Waals surface area contributed by atoms with Crippen molar-refractivity contribution in [1.29, 1.82) is 0 Å². The molecule has 1 amide bonds. The summed E-state index contributed by atoms with van der Waals surface area (Å²) in [6.07, 6.45) is 0.681. The molecular formula is C14H19N3O4. The minimum Gasteiger partial charge on any atom is -0.384 e. The number of carbonyl (C=O) groups excluding carboxylic acids is 1. The van der Waals surface area contributed by atoms with E-state index in [2.05, 4.69) is 10.6 Å². The molecule has 0 aromatic heterocycles. The van der Waals surface area contributed by atoms with Crippen molar-refractivity contribution in [2.24, 2.45) is 5.41 Å². The number of nitrogens with zero attached hydrogens (tertiary/aromatic N) is 1. The monoisotopic (exact) mass is 293 g/mol. The van der Waals surface area contributed by atoms with Crippen molar-refractivity contribution < 1.29 is 14.5 Å². The van der Waals surface area contributed by atoms with Crippen LogP contribution in [-0.2, 0) is 9.53 Å². The second kappa shape index (κ2) is 6.19. The number of nitro groups is 1. The van der Waals surface area contributed by atoms with Gasteiger partial charge in [-0.15, -0.1) is 0 Å². The molecule has 1 saturated heterocycles. The SMILES string of the molecule is COCC1(C(=O)Nc2ccc(C)c([N+](=O)[O-])c2)CCNC1. The number of ether oxygens (including phenoxy) is 1. The third-order valence-electron chi connectivity index (χ3n) is 3.81. The molecule has 1 fully saturated rings. The molecule has 1 aromatic rings. The van der Waals surface area contributed by atoms with E-state index in [4.69, 9.17) is 4.74 Å². The molecule has 1 heterocycles. The van der Waals surface area contributed by atoms with Crippen molar-refractivity contribution >= 4 is 17.3 Å². The lowest BCUT2D eigenvalue weighted by Crippen LogP contribution is -2.41. The highest BCUT2D eigenvalue weighted by Crippen LogP contribution is 2.29. The van der Waals surface area contributed by atoms with E-state index in [1.807, 2.05) is 0 Å². The van der Waals surface area contributed by atoms with Gasteiger partial charge in [0, 0.05) is 31.0 Å². The number of rotatable bonds is 5. The molecule has 21 heavy (non-hydrogen) atoms. The Morgan fingerprint density at radius 2 is 2.33 bits per heavy atom. The van der Waals surface area contributed by atoms with Crippen LogP contribution in [-0.4, -0.2) is 37.6 Å². The predicted octanol–water partition coefficient (Wildman–Crippen LogP) is 1.47. The number of hydrogen-bond donors (Lipinski definition) is 2. The third kappa shape index (κ3) is 3.20. The summed E-state index contributed by atoms with van der Waals surface area (Å²) in [6, 6.07) is 4.68. The van der Waals surface area contributed by atoms with Gasteiger partial charge in [-0.05, 0) is 26.0 Å². The van der Waals surface area contributed by atoms with E-state index in [0.717, 1.165) is 6.54 Å². The quantitative estimate of drug-likeness (QED) is 0.633. The fourth-order valence-corrected chi connectivity index (χ4v) is 2.55. The number of hydrogen-bond acceptors (Lipinski definition) is 5.